The summed E-state index contributed by atoms with van der Waals surface area (Å²) in [6.07, 6.45) is 3.69. The highest BCUT2D eigenvalue weighted by molar-refractivity contribution is 7.20. The second kappa shape index (κ2) is 5.12. The highest BCUT2D eigenvalue weighted by Crippen LogP contribution is 2.29. The molecule has 0 radical (unpaired) electrons. The lowest BCUT2D eigenvalue weighted by molar-refractivity contribution is -0.0110. The normalized spacial score (nSPS) is 20.1. The van der Waals surface area contributed by atoms with Gasteiger partial charge in [-0.15, -0.1) is 0 Å². The van der Waals surface area contributed by atoms with E-state index in [0.717, 1.165) is 35.4 Å². The Balaban J connectivity index is 1.67. The number of ether oxygens (including phenoxy) is 2. The molecule has 4 nitrogen and oxygen atoms in total. The monoisotopic (exact) mass is 264 g/mol. The van der Waals surface area contributed by atoms with E-state index in [-0.39, 0.29) is 6.10 Å². The van der Waals surface area contributed by atoms with Crippen LogP contribution in [0.1, 0.15) is 19.3 Å². The van der Waals surface area contributed by atoms with Crippen LogP contribution in [-0.2, 0) is 4.74 Å². The maximum Gasteiger partial charge on any atom is 0.274 e. The van der Waals surface area contributed by atoms with Crippen LogP contribution in [0.15, 0.2) is 18.2 Å². The largest absolute Gasteiger partial charge is 0.467 e. The lowest BCUT2D eigenvalue weighted by Crippen LogP contribution is -2.25. The molecule has 5 heteroatoms. The summed E-state index contributed by atoms with van der Waals surface area (Å²) in [5, 5.41) is 0.699. The van der Waals surface area contributed by atoms with Crippen molar-refractivity contribution in [1.82, 2.24) is 4.98 Å². The molecular formula is C13H16N2O2S. The number of nitrogens with zero attached hydrogens (tertiary/aromatic N) is 1. The molecule has 1 aromatic heterocycles. The fourth-order valence-electron chi connectivity index (χ4n) is 2.08. The van der Waals surface area contributed by atoms with Crippen LogP contribution in [0, 0.1) is 0 Å². The van der Waals surface area contributed by atoms with Gasteiger partial charge >= 0.3 is 0 Å². The minimum absolute atomic E-state index is 0.218. The lowest BCUT2D eigenvalue weighted by atomic mass is 10.1. The predicted octanol–water partition coefficient (Wildman–Crippen LogP) is 2.83. The molecule has 18 heavy (non-hydrogen) atoms. The Morgan fingerprint density at radius 1 is 1.44 bits per heavy atom. The maximum atomic E-state index is 5.74. The van der Waals surface area contributed by atoms with Crippen LogP contribution >= 0.6 is 11.3 Å². The van der Waals surface area contributed by atoms with Gasteiger partial charge in [0, 0.05) is 12.3 Å². The Hall–Kier alpha value is -1.33. The molecule has 0 spiro atoms. The van der Waals surface area contributed by atoms with Gasteiger partial charge in [-0.05, 0) is 37.5 Å². The smallest absolute Gasteiger partial charge is 0.274 e. The van der Waals surface area contributed by atoms with Gasteiger partial charge in [0.25, 0.3) is 5.19 Å². The first-order chi connectivity index (χ1) is 8.81. The van der Waals surface area contributed by atoms with E-state index < -0.39 is 0 Å². The average Bonchev–Trinajstić information content (AvgIpc) is 2.79. The van der Waals surface area contributed by atoms with Gasteiger partial charge in [-0.3, -0.25) is 0 Å². The van der Waals surface area contributed by atoms with Crippen molar-refractivity contribution < 1.29 is 9.47 Å². The molecule has 96 valence electrons. The van der Waals surface area contributed by atoms with E-state index in [1.54, 1.807) is 0 Å². The van der Waals surface area contributed by atoms with Gasteiger partial charge in [0.05, 0.1) is 16.3 Å². The molecule has 1 unspecified atom stereocenters. The molecule has 2 N–H and O–H groups in total. The topological polar surface area (TPSA) is 57.4 Å². The van der Waals surface area contributed by atoms with E-state index in [1.165, 1.54) is 17.8 Å². The van der Waals surface area contributed by atoms with Gasteiger partial charge in [0.2, 0.25) is 0 Å². The second-order valence-corrected chi connectivity index (χ2v) is 5.50. The second-order valence-electron chi connectivity index (χ2n) is 4.51. The first-order valence-electron chi connectivity index (χ1n) is 6.22. The number of fused-ring (bicyclic) bond motifs is 1. The van der Waals surface area contributed by atoms with Gasteiger partial charge in [-0.2, -0.15) is 0 Å². The molecule has 1 saturated heterocycles. The molecule has 2 aromatic rings. The summed E-state index contributed by atoms with van der Waals surface area (Å²) in [6.45, 7) is 1.44. The van der Waals surface area contributed by atoms with Crippen molar-refractivity contribution >= 4 is 27.2 Å². The third kappa shape index (κ3) is 2.57. The predicted molar refractivity (Wildman–Crippen MR) is 73.1 cm³/mol. The van der Waals surface area contributed by atoms with Gasteiger partial charge < -0.3 is 15.2 Å². The number of hydrogen-bond acceptors (Lipinski definition) is 5. The zero-order valence-corrected chi connectivity index (χ0v) is 10.9. The number of rotatable bonds is 3. The molecule has 2 heterocycles. The van der Waals surface area contributed by atoms with Crippen molar-refractivity contribution in [3.8, 4) is 5.19 Å². The average molecular weight is 264 g/mol. The SMILES string of the molecule is Nc1ccc2nc(OCC3CCCCO3)sc2c1. The number of thiazole rings is 1. The van der Waals surface area contributed by atoms with E-state index >= 15 is 0 Å². The van der Waals surface area contributed by atoms with Crippen LogP contribution in [0.2, 0.25) is 0 Å². The Labute approximate surface area is 110 Å². The third-order valence-electron chi connectivity index (χ3n) is 3.06. The molecule has 1 aromatic carbocycles. The quantitative estimate of drug-likeness (QED) is 0.866. The molecule has 0 aliphatic carbocycles. The number of benzene rings is 1. The maximum absolute atomic E-state index is 5.74. The fourth-order valence-corrected chi connectivity index (χ4v) is 2.96. The van der Waals surface area contributed by atoms with Crippen LogP contribution in [0.3, 0.4) is 0 Å². The fraction of sp³-hybridized carbons (Fsp3) is 0.462. The highest BCUT2D eigenvalue weighted by Gasteiger charge is 2.15. The summed E-state index contributed by atoms with van der Waals surface area (Å²) in [6, 6.07) is 5.71. The summed E-state index contributed by atoms with van der Waals surface area (Å²) >= 11 is 1.53. The first kappa shape index (κ1) is 11.7. The van der Waals surface area contributed by atoms with Crippen molar-refractivity contribution in [2.24, 2.45) is 0 Å². The van der Waals surface area contributed by atoms with Gasteiger partial charge in [-0.25, -0.2) is 4.98 Å². The lowest BCUT2D eigenvalue weighted by Gasteiger charge is -2.21. The first-order valence-corrected chi connectivity index (χ1v) is 7.03. The summed E-state index contributed by atoms with van der Waals surface area (Å²) in [5.41, 5.74) is 7.44. The molecule has 0 amide bonds. The van der Waals surface area contributed by atoms with E-state index in [4.69, 9.17) is 15.2 Å². The molecule has 3 rings (SSSR count). The van der Waals surface area contributed by atoms with Crippen LogP contribution in [-0.4, -0.2) is 24.3 Å². The molecule has 0 saturated carbocycles. The molecule has 1 fully saturated rings. The van der Waals surface area contributed by atoms with Crippen molar-refractivity contribution in [3.05, 3.63) is 18.2 Å². The standard InChI is InChI=1S/C13H16N2O2S/c14-9-4-5-11-12(7-9)18-13(15-11)17-8-10-3-1-2-6-16-10/h4-5,7,10H,1-3,6,8,14H2. The van der Waals surface area contributed by atoms with E-state index in [1.807, 2.05) is 18.2 Å². The third-order valence-corrected chi connectivity index (χ3v) is 3.99. The van der Waals surface area contributed by atoms with Crippen LogP contribution < -0.4 is 10.5 Å². The number of anilines is 1. The van der Waals surface area contributed by atoms with Crippen molar-refractivity contribution in [2.45, 2.75) is 25.4 Å². The zero-order valence-electron chi connectivity index (χ0n) is 10.1. The number of nitrogen functional groups attached to an aromatic ring is 1. The van der Waals surface area contributed by atoms with Crippen LogP contribution in [0.25, 0.3) is 10.2 Å². The minimum atomic E-state index is 0.218. The molecule has 0 bridgehead atoms. The Kier molecular flexibility index (Phi) is 3.34. The minimum Gasteiger partial charge on any atom is -0.467 e. The Morgan fingerprint density at radius 2 is 2.39 bits per heavy atom. The summed E-state index contributed by atoms with van der Waals surface area (Å²) < 4.78 is 12.4. The summed E-state index contributed by atoms with van der Waals surface area (Å²) in [4.78, 5) is 4.42. The summed E-state index contributed by atoms with van der Waals surface area (Å²) in [5.74, 6) is 0. The van der Waals surface area contributed by atoms with E-state index in [0.29, 0.717) is 11.8 Å². The zero-order chi connectivity index (χ0) is 12.4. The van der Waals surface area contributed by atoms with E-state index in [9.17, 15) is 0 Å². The Bertz CT molecular complexity index is 535. The molecular weight excluding hydrogens is 248 g/mol. The highest BCUT2D eigenvalue weighted by atomic mass is 32.1. The summed E-state index contributed by atoms with van der Waals surface area (Å²) in [7, 11) is 0. The number of aromatic nitrogens is 1. The molecule has 1 aliphatic heterocycles. The van der Waals surface area contributed by atoms with Gasteiger partial charge in [0.1, 0.15) is 6.61 Å². The van der Waals surface area contributed by atoms with Crippen molar-refractivity contribution in [3.63, 3.8) is 0 Å². The molecule has 1 atom stereocenters. The number of nitrogens with two attached hydrogens (primary N) is 1. The van der Waals surface area contributed by atoms with Crippen LogP contribution in [0.4, 0.5) is 5.69 Å². The van der Waals surface area contributed by atoms with E-state index in [2.05, 4.69) is 4.98 Å². The van der Waals surface area contributed by atoms with Gasteiger partial charge in [0.15, 0.2) is 0 Å². The van der Waals surface area contributed by atoms with Crippen molar-refractivity contribution in [1.29, 1.82) is 0 Å². The van der Waals surface area contributed by atoms with Gasteiger partial charge in [-0.1, -0.05) is 11.3 Å². The van der Waals surface area contributed by atoms with Crippen molar-refractivity contribution in [2.75, 3.05) is 18.9 Å². The Morgan fingerprint density at radius 3 is 3.22 bits per heavy atom. The molecule has 1 aliphatic rings. The number of hydrogen-bond donors (Lipinski definition) is 1. The van der Waals surface area contributed by atoms with Crippen LogP contribution in [0.5, 0.6) is 5.19 Å².